The highest BCUT2D eigenvalue weighted by molar-refractivity contribution is 5.91. The van der Waals surface area contributed by atoms with Crippen molar-refractivity contribution in [1.29, 1.82) is 0 Å². The van der Waals surface area contributed by atoms with E-state index in [1.165, 1.54) is 32.9 Å². The van der Waals surface area contributed by atoms with Gasteiger partial charge >= 0.3 is 5.97 Å². The number of hydrogen-bond donors (Lipinski definition) is 4. The molecule has 66 heavy (non-hydrogen) atoms. The Morgan fingerprint density at radius 3 is 2.21 bits per heavy atom. The van der Waals surface area contributed by atoms with Crippen LogP contribution in [0.2, 0.25) is 0 Å². The smallest absolute Gasteiger partial charge is 0.330 e. The van der Waals surface area contributed by atoms with Gasteiger partial charge in [-0.15, -0.1) is 5.10 Å². The summed E-state index contributed by atoms with van der Waals surface area (Å²) >= 11 is 0. The largest absolute Gasteiger partial charge is 0.458 e. The molecule has 366 valence electrons. The van der Waals surface area contributed by atoms with Crippen LogP contribution < -0.4 is 0 Å². The van der Waals surface area contributed by atoms with Gasteiger partial charge in [0.25, 0.3) is 0 Å². The van der Waals surface area contributed by atoms with Gasteiger partial charge in [0, 0.05) is 53.6 Å². The Hall–Kier alpha value is -3.85. The standard InChI is InChI=1S/C53H79N3O10/c1-12-40-20-16-13-15-19-33(4)50(61)52(11,63)51(62)38(9)48(60)37(8)47(59)36(7)46(58)32(3)23-26-45(57)64-49-35(6)43(25-24-40)65-53(39(49)10)28-27-31(2)44(66-53)29-34(5)56-30-42(54-55-56)41-21-17-14-18-22-41/h13-18,20-23,26,30-40,43-44,46,48-50,58,60-61,63H,12,19,24-25,27-29H2,1-11H3/b15-13+,20-16+,26-23+/t31-,32-,33+,34-,35+,36-,37-,38-,39-,40-,43-,44-,46+,48+,49+,50-,52+,53-/m0/s1. The first-order valence-electron chi connectivity index (χ1n) is 24.5. The maximum atomic E-state index is 13.8. The van der Waals surface area contributed by atoms with Gasteiger partial charge in [-0.05, 0) is 70.1 Å². The summed E-state index contributed by atoms with van der Waals surface area (Å²) < 4.78 is 22.6. The Kier molecular flexibility index (Phi) is 18.5. The zero-order valence-electron chi connectivity index (χ0n) is 41.2. The van der Waals surface area contributed by atoms with Gasteiger partial charge in [0.2, 0.25) is 0 Å². The molecule has 4 N–H and O–H groups in total. The van der Waals surface area contributed by atoms with Gasteiger partial charge in [0.05, 0.1) is 42.8 Å². The van der Waals surface area contributed by atoms with Crippen LogP contribution in [0.25, 0.3) is 11.3 Å². The van der Waals surface area contributed by atoms with Crippen molar-refractivity contribution in [3.05, 3.63) is 73.0 Å². The van der Waals surface area contributed by atoms with Crippen LogP contribution in [0, 0.1) is 53.3 Å². The summed E-state index contributed by atoms with van der Waals surface area (Å²) in [6.45, 7) is 19.7. The van der Waals surface area contributed by atoms with E-state index in [4.69, 9.17) is 14.2 Å². The van der Waals surface area contributed by atoms with E-state index in [2.05, 4.69) is 44.1 Å². The Labute approximate surface area is 393 Å². The zero-order chi connectivity index (χ0) is 48.7. The molecule has 3 aliphatic heterocycles. The lowest BCUT2D eigenvalue weighted by Crippen LogP contribution is -2.62. The first-order chi connectivity index (χ1) is 31.1. The fourth-order valence-electron chi connectivity index (χ4n) is 10.4. The Morgan fingerprint density at radius 1 is 0.848 bits per heavy atom. The molecule has 0 unspecified atom stereocenters. The van der Waals surface area contributed by atoms with E-state index >= 15 is 0 Å². The van der Waals surface area contributed by atoms with Crippen molar-refractivity contribution in [2.75, 3.05) is 0 Å². The average molecular weight is 918 g/mol. The lowest BCUT2D eigenvalue weighted by atomic mass is 9.74. The molecule has 1 aromatic heterocycles. The summed E-state index contributed by atoms with van der Waals surface area (Å²) in [6.07, 6.45) is 12.5. The van der Waals surface area contributed by atoms with Crippen LogP contribution in [0.4, 0.5) is 0 Å². The second-order valence-corrected chi connectivity index (χ2v) is 20.4. The molecule has 13 heteroatoms. The molecule has 5 rings (SSSR count). The van der Waals surface area contributed by atoms with Crippen molar-refractivity contribution >= 4 is 17.5 Å². The van der Waals surface area contributed by atoms with E-state index in [-0.39, 0.29) is 41.9 Å². The fraction of sp³-hybridized carbons (Fsp3) is 0.679. The number of ether oxygens (including phenoxy) is 3. The number of aliphatic hydroxyl groups excluding tert-OH is 3. The number of allylic oxidation sites excluding steroid dienone is 4. The van der Waals surface area contributed by atoms with E-state index < -0.39 is 82.9 Å². The van der Waals surface area contributed by atoms with Gasteiger partial charge in [0.15, 0.2) is 11.6 Å². The molecule has 0 aliphatic carbocycles. The molecule has 2 aromatic rings. The number of rotatable bonds is 5. The number of hydrogen-bond acceptors (Lipinski definition) is 12. The Balaban J connectivity index is 1.42. The molecule has 1 spiro atoms. The molecule has 2 saturated heterocycles. The third kappa shape index (κ3) is 12.2. The quantitative estimate of drug-likeness (QED) is 0.212. The summed E-state index contributed by atoms with van der Waals surface area (Å²) in [6, 6.07) is 9.95. The number of fused-ring (bicyclic) bond motifs is 2. The van der Waals surface area contributed by atoms with Crippen molar-refractivity contribution in [3.63, 3.8) is 0 Å². The van der Waals surface area contributed by atoms with E-state index in [0.29, 0.717) is 25.7 Å². The maximum Gasteiger partial charge on any atom is 0.330 e. The number of aromatic nitrogens is 3. The van der Waals surface area contributed by atoms with Crippen LogP contribution in [0.3, 0.4) is 0 Å². The number of Topliss-reactive ketones (excluding diaryl/α,β-unsaturated/α-hetero) is 2. The van der Waals surface area contributed by atoms with Gasteiger partial charge in [-0.25, -0.2) is 9.48 Å². The van der Waals surface area contributed by atoms with E-state index in [9.17, 15) is 34.8 Å². The predicted molar refractivity (Wildman–Crippen MR) is 253 cm³/mol. The minimum atomic E-state index is -2.19. The van der Waals surface area contributed by atoms with Crippen LogP contribution in [0.5, 0.6) is 0 Å². The highest BCUT2D eigenvalue weighted by Crippen LogP contribution is 2.49. The first kappa shape index (κ1) is 53.1. The number of carbonyl (C=O) groups excluding carboxylic acids is 3. The number of nitrogens with zero attached hydrogens (tertiary/aromatic N) is 3. The molecule has 0 saturated carbocycles. The molecular weight excluding hydrogens is 839 g/mol. The monoisotopic (exact) mass is 918 g/mol. The number of ketones is 2. The topological polar surface area (TPSA) is 191 Å². The van der Waals surface area contributed by atoms with Crippen LogP contribution in [0.1, 0.15) is 127 Å². The highest BCUT2D eigenvalue weighted by atomic mass is 16.7. The molecule has 2 fully saturated rings. The summed E-state index contributed by atoms with van der Waals surface area (Å²) in [5, 5.41) is 54.1. The summed E-state index contributed by atoms with van der Waals surface area (Å²) in [5.41, 5.74) is -0.391. The minimum Gasteiger partial charge on any atom is -0.458 e. The molecule has 3 aliphatic rings. The molecular formula is C53H79N3O10. The van der Waals surface area contributed by atoms with Crippen LogP contribution in [-0.4, -0.2) is 101 Å². The zero-order valence-corrected chi connectivity index (χ0v) is 41.2. The number of esters is 1. The van der Waals surface area contributed by atoms with Gasteiger partial charge in [-0.2, -0.15) is 0 Å². The molecule has 13 nitrogen and oxygen atoms in total. The van der Waals surface area contributed by atoms with Crippen LogP contribution >= 0.6 is 0 Å². The molecule has 0 amide bonds. The van der Waals surface area contributed by atoms with Crippen molar-refractivity contribution in [2.24, 2.45) is 53.3 Å². The van der Waals surface area contributed by atoms with E-state index in [1.807, 2.05) is 66.4 Å². The van der Waals surface area contributed by atoms with Crippen molar-refractivity contribution < 1.29 is 49.0 Å². The van der Waals surface area contributed by atoms with E-state index in [0.717, 1.165) is 30.5 Å². The molecule has 0 radical (unpaired) electrons. The van der Waals surface area contributed by atoms with Crippen molar-refractivity contribution in [3.8, 4) is 11.3 Å². The second kappa shape index (κ2) is 23.0. The van der Waals surface area contributed by atoms with Crippen LogP contribution in [0.15, 0.2) is 73.0 Å². The van der Waals surface area contributed by atoms with Gasteiger partial charge in [0.1, 0.15) is 23.2 Å². The SMILES string of the molecule is CC[C@H]1/C=C/C=C/C[C@@H](C)[C@H](O)[C@@](C)(O)C(=O)[C@@H](C)[C@H](O)[C@@H](C)C(=O)[C@@H](C)[C@H](O)[C@@H](C)/C=C/C(=O)O[C@@H]2[C@H](C)[C@H](CC1)O[C@]1(CC[C@H](C)[C@H](C[C@H](C)n3cc(-c4ccccc4)nn3)O1)[C@H]2C. The highest BCUT2D eigenvalue weighted by Gasteiger charge is 2.56. The second-order valence-electron chi connectivity index (χ2n) is 20.4. The van der Waals surface area contributed by atoms with Crippen molar-refractivity contribution in [1.82, 2.24) is 15.0 Å². The molecule has 2 bridgehead atoms. The Morgan fingerprint density at radius 2 is 1.53 bits per heavy atom. The summed E-state index contributed by atoms with van der Waals surface area (Å²) in [4.78, 5) is 41.0. The number of carbonyl (C=O) groups is 3. The van der Waals surface area contributed by atoms with Gasteiger partial charge in [-0.1, -0.05) is 128 Å². The van der Waals surface area contributed by atoms with Crippen LogP contribution in [-0.2, 0) is 28.6 Å². The summed E-state index contributed by atoms with van der Waals surface area (Å²) in [7, 11) is 0. The first-order valence-corrected chi connectivity index (χ1v) is 24.5. The Bertz CT molecular complexity index is 2000. The minimum absolute atomic E-state index is 0.0209. The molecule has 4 heterocycles. The summed E-state index contributed by atoms with van der Waals surface area (Å²) in [5.74, 6) is -7.33. The van der Waals surface area contributed by atoms with Crippen molar-refractivity contribution in [2.45, 2.75) is 175 Å². The number of aliphatic hydroxyl groups is 4. The normalized spacial score (nSPS) is 41.4. The third-order valence-corrected chi connectivity index (χ3v) is 15.5. The lowest BCUT2D eigenvalue weighted by Gasteiger charge is -2.55. The van der Waals surface area contributed by atoms with Gasteiger partial charge in [-0.3, -0.25) is 9.59 Å². The lowest BCUT2D eigenvalue weighted by molar-refractivity contribution is -0.370. The number of benzene rings is 1. The van der Waals surface area contributed by atoms with E-state index in [1.54, 1.807) is 20.8 Å². The predicted octanol–water partition coefficient (Wildman–Crippen LogP) is 8.02. The molecule has 18 atom stereocenters. The third-order valence-electron chi connectivity index (χ3n) is 15.5. The average Bonchev–Trinajstić information content (AvgIpc) is 3.82. The molecule has 1 aromatic carbocycles. The fourth-order valence-corrected chi connectivity index (χ4v) is 10.4. The van der Waals surface area contributed by atoms with Gasteiger partial charge < -0.3 is 34.6 Å². The maximum absolute atomic E-state index is 13.8.